The number of benzene rings is 7. The maximum Gasteiger partial charge on any atom is 0.0499 e. The van der Waals surface area contributed by atoms with E-state index < -0.39 is 0 Å². The quantitative estimate of drug-likeness (QED) is 0.185. The van der Waals surface area contributed by atoms with Gasteiger partial charge in [0, 0.05) is 22.5 Å². The molecule has 0 fully saturated rings. The molecule has 1 nitrogen and oxygen atoms in total. The number of anilines is 3. The first kappa shape index (κ1) is 30.0. The van der Waals surface area contributed by atoms with Crippen LogP contribution in [-0.4, -0.2) is 0 Å². The Morgan fingerprint density at radius 3 is 1.79 bits per heavy atom. The molecule has 0 atom stereocenters. The standard InChI is InChI=1S/C47H41N/c1-46(2,3)44-30-37(32-13-7-6-8-14-32)23-28-45(44)48(39-26-27-41-40-17-11-12-18-42(40)47(4,5)43(41)31-39)38-24-21-34(22-25-38)36-20-19-33-15-9-10-16-35(33)29-36/h6-31H,1-5H3. The van der Waals surface area contributed by atoms with Gasteiger partial charge in [0.25, 0.3) is 0 Å². The van der Waals surface area contributed by atoms with Gasteiger partial charge >= 0.3 is 0 Å². The van der Waals surface area contributed by atoms with Crippen molar-refractivity contribution in [3.05, 3.63) is 174 Å². The Morgan fingerprint density at radius 1 is 0.438 bits per heavy atom. The van der Waals surface area contributed by atoms with Crippen molar-refractivity contribution in [1.82, 2.24) is 0 Å². The maximum absolute atomic E-state index is 2.47. The zero-order valence-corrected chi connectivity index (χ0v) is 28.5. The lowest BCUT2D eigenvalue weighted by Crippen LogP contribution is -2.20. The first-order chi connectivity index (χ1) is 23.2. The molecule has 48 heavy (non-hydrogen) atoms. The topological polar surface area (TPSA) is 3.24 Å². The Morgan fingerprint density at radius 2 is 1.02 bits per heavy atom. The van der Waals surface area contributed by atoms with Crippen molar-refractivity contribution in [3.8, 4) is 33.4 Å². The van der Waals surface area contributed by atoms with Crippen LogP contribution in [0.5, 0.6) is 0 Å². The molecule has 8 rings (SSSR count). The van der Waals surface area contributed by atoms with E-state index in [9.17, 15) is 0 Å². The number of rotatable bonds is 5. The average Bonchev–Trinajstić information content (AvgIpc) is 3.34. The third-order valence-corrected chi connectivity index (χ3v) is 10.2. The molecule has 0 amide bonds. The second kappa shape index (κ2) is 11.4. The van der Waals surface area contributed by atoms with Crippen LogP contribution in [0.15, 0.2) is 158 Å². The molecule has 0 saturated heterocycles. The first-order valence-electron chi connectivity index (χ1n) is 17.0. The molecule has 7 aromatic carbocycles. The fraction of sp³-hybridized carbons (Fsp3) is 0.149. The first-order valence-corrected chi connectivity index (χ1v) is 17.0. The largest absolute Gasteiger partial charge is 0.310 e. The Bertz CT molecular complexity index is 2280. The van der Waals surface area contributed by atoms with Crippen LogP contribution in [-0.2, 0) is 10.8 Å². The summed E-state index contributed by atoms with van der Waals surface area (Å²) in [5.41, 5.74) is 15.0. The summed E-state index contributed by atoms with van der Waals surface area (Å²) in [6, 6.07) is 58.1. The van der Waals surface area contributed by atoms with E-state index in [1.54, 1.807) is 0 Å². The highest BCUT2D eigenvalue weighted by Crippen LogP contribution is 2.51. The van der Waals surface area contributed by atoms with E-state index in [2.05, 4.69) is 197 Å². The molecule has 0 unspecified atom stereocenters. The zero-order chi connectivity index (χ0) is 33.0. The van der Waals surface area contributed by atoms with Crippen LogP contribution in [0.3, 0.4) is 0 Å². The minimum atomic E-state index is -0.0877. The van der Waals surface area contributed by atoms with E-state index in [1.165, 1.54) is 72.2 Å². The van der Waals surface area contributed by atoms with Crippen molar-refractivity contribution < 1.29 is 0 Å². The van der Waals surface area contributed by atoms with Crippen molar-refractivity contribution in [2.45, 2.75) is 45.4 Å². The van der Waals surface area contributed by atoms with E-state index >= 15 is 0 Å². The molecule has 1 aliphatic rings. The molecule has 234 valence electrons. The molecule has 0 spiro atoms. The van der Waals surface area contributed by atoms with E-state index in [-0.39, 0.29) is 10.8 Å². The highest BCUT2D eigenvalue weighted by molar-refractivity contribution is 5.89. The van der Waals surface area contributed by atoms with Gasteiger partial charge in [-0.3, -0.25) is 0 Å². The lowest BCUT2D eigenvalue weighted by Gasteiger charge is -2.33. The van der Waals surface area contributed by atoms with E-state index in [0.29, 0.717) is 0 Å². The predicted octanol–water partition coefficient (Wildman–Crippen LogP) is 13.2. The highest BCUT2D eigenvalue weighted by Gasteiger charge is 2.36. The normalized spacial score (nSPS) is 13.3. The Kier molecular flexibility index (Phi) is 7.11. The molecular weight excluding hydrogens is 579 g/mol. The van der Waals surface area contributed by atoms with Crippen LogP contribution in [0.4, 0.5) is 17.1 Å². The van der Waals surface area contributed by atoms with E-state index in [4.69, 9.17) is 0 Å². The Hall–Kier alpha value is -5.40. The van der Waals surface area contributed by atoms with Crippen molar-refractivity contribution >= 4 is 27.8 Å². The van der Waals surface area contributed by atoms with Gasteiger partial charge in [0.1, 0.15) is 0 Å². The van der Waals surface area contributed by atoms with Gasteiger partial charge < -0.3 is 4.90 Å². The van der Waals surface area contributed by atoms with E-state index in [0.717, 1.165) is 5.69 Å². The van der Waals surface area contributed by atoms with Crippen molar-refractivity contribution in [2.24, 2.45) is 0 Å². The summed E-state index contributed by atoms with van der Waals surface area (Å²) in [7, 11) is 0. The molecule has 0 aromatic heterocycles. The van der Waals surface area contributed by atoms with Crippen LogP contribution in [0.25, 0.3) is 44.2 Å². The lowest BCUT2D eigenvalue weighted by atomic mass is 9.82. The number of hydrogen-bond acceptors (Lipinski definition) is 1. The molecule has 7 aromatic rings. The van der Waals surface area contributed by atoms with Gasteiger partial charge in [-0.25, -0.2) is 0 Å². The van der Waals surface area contributed by atoms with Crippen LogP contribution >= 0.6 is 0 Å². The molecule has 1 aliphatic carbocycles. The lowest BCUT2D eigenvalue weighted by molar-refractivity contribution is 0.591. The molecule has 0 N–H and O–H groups in total. The number of nitrogens with zero attached hydrogens (tertiary/aromatic N) is 1. The molecule has 0 heterocycles. The summed E-state index contributed by atoms with van der Waals surface area (Å²) in [4.78, 5) is 2.47. The Balaban J connectivity index is 1.30. The minimum absolute atomic E-state index is 0.0857. The van der Waals surface area contributed by atoms with Gasteiger partial charge in [-0.2, -0.15) is 0 Å². The van der Waals surface area contributed by atoms with Crippen molar-refractivity contribution in [3.63, 3.8) is 0 Å². The molecule has 0 radical (unpaired) electrons. The number of fused-ring (bicyclic) bond motifs is 4. The Labute approximate surface area is 285 Å². The second-order valence-corrected chi connectivity index (χ2v) is 14.7. The maximum atomic E-state index is 2.47. The summed E-state index contributed by atoms with van der Waals surface area (Å²) >= 11 is 0. The minimum Gasteiger partial charge on any atom is -0.310 e. The fourth-order valence-electron chi connectivity index (χ4n) is 7.57. The third-order valence-electron chi connectivity index (χ3n) is 10.2. The molecule has 1 heteroatoms. The monoisotopic (exact) mass is 619 g/mol. The van der Waals surface area contributed by atoms with Crippen LogP contribution in [0.2, 0.25) is 0 Å². The van der Waals surface area contributed by atoms with Crippen molar-refractivity contribution in [1.29, 1.82) is 0 Å². The smallest absolute Gasteiger partial charge is 0.0499 e. The summed E-state index contributed by atoms with van der Waals surface area (Å²) < 4.78 is 0. The van der Waals surface area contributed by atoms with Crippen LogP contribution in [0.1, 0.15) is 51.3 Å². The van der Waals surface area contributed by atoms with Gasteiger partial charge in [-0.15, -0.1) is 0 Å². The molecular formula is C47H41N. The van der Waals surface area contributed by atoms with Crippen LogP contribution < -0.4 is 4.90 Å². The average molecular weight is 620 g/mol. The fourth-order valence-corrected chi connectivity index (χ4v) is 7.57. The van der Waals surface area contributed by atoms with Gasteiger partial charge in [0.15, 0.2) is 0 Å². The summed E-state index contributed by atoms with van der Waals surface area (Å²) in [6.45, 7) is 11.7. The molecule has 0 bridgehead atoms. The van der Waals surface area contributed by atoms with E-state index in [1.807, 2.05) is 0 Å². The van der Waals surface area contributed by atoms with Gasteiger partial charge in [0.05, 0.1) is 0 Å². The summed E-state index contributed by atoms with van der Waals surface area (Å²) in [5.74, 6) is 0. The summed E-state index contributed by atoms with van der Waals surface area (Å²) in [6.07, 6.45) is 0. The molecule has 0 saturated carbocycles. The summed E-state index contributed by atoms with van der Waals surface area (Å²) in [5, 5.41) is 2.52. The van der Waals surface area contributed by atoms with Gasteiger partial charge in [-0.1, -0.05) is 150 Å². The predicted molar refractivity (Wildman–Crippen MR) is 206 cm³/mol. The van der Waals surface area contributed by atoms with Crippen LogP contribution in [0, 0.1) is 0 Å². The zero-order valence-electron chi connectivity index (χ0n) is 28.5. The SMILES string of the molecule is CC(C)(C)c1cc(-c2ccccc2)ccc1N(c1ccc(-c2ccc3ccccc3c2)cc1)c1ccc2c(c1)C(C)(C)c1ccccc1-2. The van der Waals surface area contributed by atoms with Gasteiger partial charge in [0.2, 0.25) is 0 Å². The van der Waals surface area contributed by atoms with Crippen molar-refractivity contribution in [2.75, 3.05) is 4.90 Å². The van der Waals surface area contributed by atoms with Gasteiger partial charge in [-0.05, 0) is 109 Å². The second-order valence-electron chi connectivity index (χ2n) is 14.7. The number of hydrogen-bond donors (Lipinski definition) is 0. The highest BCUT2D eigenvalue weighted by atomic mass is 15.1. The molecule has 0 aliphatic heterocycles. The third kappa shape index (κ3) is 5.11.